The average molecular weight is 639 g/mol. The number of ether oxygens (including phenoxy) is 1. The normalized spacial score (nSPS) is 16.6. The van der Waals surface area contributed by atoms with Gasteiger partial charge in [-0.25, -0.2) is 9.78 Å². The molecule has 1 fully saturated rings. The number of carbonyl (C=O) groups is 2. The number of carbonyl (C=O) groups excluding carboxylic acids is 2. The number of alkyl halides is 3. The second-order valence-electron chi connectivity index (χ2n) is 13.5. The molecule has 5 rings (SSSR count). The number of nitrogens with one attached hydrogen (secondary N) is 3. The minimum atomic E-state index is -4.68. The van der Waals surface area contributed by atoms with Crippen LogP contribution in [0.5, 0.6) is 0 Å². The number of likely N-dealkylation sites (tertiary alicyclic amines) is 1. The van der Waals surface area contributed by atoms with Crippen molar-refractivity contribution < 1.29 is 27.5 Å². The molecule has 12 heteroatoms. The molecule has 2 aromatic carbocycles. The van der Waals surface area contributed by atoms with E-state index in [1.54, 1.807) is 36.9 Å². The lowest BCUT2D eigenvalue weighted by atomic mass is 9.83. The van der Waals surface area contributed by atoms with Crippen LogP contribution in [0, 0.1) is 13.8 Å². The van der Waals surface area contributed by atoms with E-state index in [0.717, 1.165) is 35.7 Å². The van der Waals surface area contributed by atoms with Crippen LogP contribution in [0.1, 0.15) is 86.8 Å². The van der Waals surface area contributed by atoms with Gasteiger partial charge in [-0.2, -0.15) is 18.2 Å². The van der Waals surface area contributed by atoms with Gasteiger partial charge in [0.05, 0.1) is 5.41 Å². The molecule has 1 saturated heterocycles. The molecule has 2 aliphatic heterocycles. The van der Waals surface area contributed by atoms with Gasteiger partial charge >= 0.3 is 12.3 Å². The Labute approximate surface area is 267 Å². The quantitative estimate of drug-likeness (QED) is 0.253. The maximum Gasteiger partial charge on any atom is 0.421 e. The summed E-state index contributed by atoms with van der Waals surface area (Å²) in [6.45, 7) is 14.3. The summed E-state index contributed by atoms with van der Waals surface area (Å²) in [5.41, 5.74) is 3.60. The first-order chi connectivity index (χ1) is 21.5. The van der Waals surface area contributed by atoms with E-state index in [0.29, 0.717) is 30.0 Å². The Balaban J connectivity index is 1.33. The van der Waals surface area contributed by atoms with Gasteiger partial charge in [0.1, 0.15) is 17.0 Å². The molecule has 3 aromatic rings. The summed E-state index contributed by atoms with van der Waals surface area (Å²) in [6.07, 6.45) is -2.60. The minimum absolute atomic E-state index is 0.0203. The highest BCUT2D eigenvalue weighted by molar-refractivity contribution is 6.06. The molecule has 0 radical (unpaired) electrons. The topological polar surface area (TPSA) is 108 Å². The van der Waals surface area contributed by atoms with Crippen LogP contribution in [0.4, 0.5) is 41.1 Å². The number of fused-ring (bicyclic) bond motifs is 1. The van der Waals surface area contributed by atoms with E-state index in [4.69, 9.17) is 4.74 Å². The van der Waals surface area contributed by atoms with Gasteiger partial charge in [-0.3, -0.25) is 4.79 Å². The van der Waals surface area contributed by atoms with Crippen molar-refractivity contribution in [2.24, 2.45) is 0 Å². The van der Waals surface area contributed by atoms with Crippen LogP contribution in [-0.2, 0) is 27.7 Å². The fourth-order valence-electron chi connectivity index (χ4n) is 6.18. The zero-order valence-electron chi connectivity index (χ0n) is 27.3. The summed E-state index contributed by atoms with van der Waals surface area (Å²) < 4.78 is 47.5. The third kappa shape index (κ3) is 6.75. The van der Waals surface area contributed by atoms with E-state index in [2.05, 4.69) is 25.9 Å². The number of nitrogens with zero attached hydrogens (tertiary/aromatic N) is 3. The lowest BCUT2D eigenvalue weighted by molar-refractivity contribution is -0.137. The van der Waals surface area contributed by atoms with Crippen molar-refractivity contribution in [2.75, 3.05) is 29.0 Å². The number of aromatic nitrogens is 2. The number of anilines is 4. The van der Waals surface area contributed by atoms with Crippen molar-refractivity contribution in [3.8, 4) is 0 Å². The average Bonchev–Trinajstić information content (AvgIpc) is 3.21. The van der Waals surface area contributed by atoms with Crippen LogP contribution in [0.25, 0.3) is 0 Å². The SMILES string of the molecule is Cc1c(Nc2ncc(C(F)(F)F)c(NCc3cccc4c3C(C)(C)C(=O)N4)n2)ccc(C2CCN(C(=O)OC(C)(C)C)CC2)c1C. The Morgan fingerprint density at radius 1 is 1.09 bits per heavy atom. The second-order valence-corrected chi connectivity index (χ2v) is 13.5. The highest BCUT2D eigenvalue weighted by Gasteiger charge is 2.40. The fourth-order valence-corrected chi connectivity index (χ4v) is 6.18. The van der Waals surface area contributed by atoms with E-state index in [1.165, 1.54) is 5.56 Å². The fraction of sp³-hybridized carbons (Fsp3) is 0.471. The predicted octanol–water partition coefficient (Wildman–Crippen LogP) is 7.81. The summed E-state index contributed by atoms with van der Waals surface area (Å²) in [5, 5.41) is 8.81. The molecule has 0 atom stereocenters. The van der Waals surface area contributed by atoms with Crippen LogP contribution in [0.15, 0.2) is 36.5 Å². The van der Waals surface area contributed by atoms with Gasteiger partial charge in [0.25, 0.3) is 0 Å². The van der Waals surface area contributed by atoms with Gasteiger partial charge in [-0.1, -0.05) is 18.2 Å². The Bertz CT molecular complexity index is 1660. The van der Waals surface area contributed by atoms with Gasteiger partial charge in [0, 0.05) is 37.2 Å². The Kier molecular flexibility index (Phi) is 8.69. The van der Waals surface area contributed by atoms with Crippen molar-refractivity contribution in [2.45, 2.75) is 91.0 Å². The Morgan fingerprint density at radius 3 is 2.43 bits per heavy atom. The van der Waals surface area contributed by atoms with Crippen LogP contribution < -0.4 is 16.0 Å². The molecule has 0 aliphatic carbocycles. The molecule has 0 spiro atoms. The molecular formula is C34H41F3N6O3. The maximum atomic E-state index is 14.0. The zero-order chi connectivity index (χ0) is 33.6. The third-order valence-electron chi connectivity index (χ3n) is 8.79. The Hall–Kier alpha value is -4.35. The van der Waals surface area contributed by atoms with Crippen molar-refractivity contribution in [3.05, 3.63) is 69.9 Å². The maximum absolute atomic E-state index is 14.0. The Morgan fingerprint density at radius 2 is 1.78 bits per heavy atom. The summed E-state index contributed by atoms with van der Waals surface area (Å²) in [5.74, 6) is -0.242. The first kappa shape index (κ1) is 33.0. The largest absolute Gasteiger partial charge is 0.444 e. The van der Waals surface area contributed by atoms with Crippen LogP contribution in [0.3, 0.4) is 0 Å². The standard InChI is InChI=1S/C34H41F3N6O3/c1-19-20(2)25(12-11-23(19)21-13-15-43(16-14-21)31(45)46-32(3,4)5)41-30-39-18-24(34(35,36)37)28(42-30)38-17-22-9-8-10-26-27(22)33(6,7)29(44)40-26/h8-12,18,21H,13-17H2,1-7H3,(H,40,44)(H2,38,39,41,42). The van der Waals surface area contributed by atoms with E-state index in [9.17, 15) is 22.8 Å². The highest BCUT2D eigenvalue weighted by atomic mass is 19.4. The number of benzene rings is 2. The van der Waals surface area contributed by atoms with Gasteiger partial charge in [0.2, 0.25) is 11.9 Å². The number of hydrogen-bond acceptors (Lipinski definition) is 7. The molecule has 9 nitrogen and oxygen atoms in total. The molecule has 0 bridgehead atoms. The number of rotatable bonds is 6. The van der Waals surface area contributed by atoms with Crippen LogP contribution in [-0.4, -0.2) is 45.6 Å². The van der Waals surface area contributed by atoms with E-state index in [-0.39, 0.29) is 36.2 Å². The number of hydrogen-bond donors (Lipinski definition) is 3. The molecule has 3 heterocycles. The number of amides is 2. The van der Waals surface area contributed by atoms with Crippen LogP contribution in [0.2, 0.25) is 0 Å². The van der Waals surface area contributed by atoms with Gasteiger partial charge in [-0.15, -0.1) is 0 Å². The van der Waals surface area contributed by atoms with E-state index in [1.807, 2.05) is 46.8 Å². The highest BCUT2D eigenvalue weighted by Crippen LogP contribution is 2.41. The van der Waals surface area contributed by atoms with Crippen molar-refractivity contribution in [3.63, 3.8) is 0 Å². The molecule has 0 unspecified atom stereocenters. The second kappa shape index (κ2) is 12.1. The van der Waals surface area contributed by atoms with Crippen molar-refractivity contribution in [1.82, 2.24) is 14.9 Å². The summed E-state index contributed by atoms with van der Waals surface area (Å²) >= 11 is 0. The van der Waals surface area contributed by atoms with Crippen molar-refractivity contribution >= 4 is 35.1 Å². The molecule has 3 N–H and O–H groups in total. The first-order valence-electron chi connectivity index (χ1n) is 15.4. The minimum Gasteiger partial charge on any atom is -0.444 e. The molecule has 1 aromatic heterocycles. The van der Waals surface area contributed by atoms with E-state index < -0.39 is 22.8 Å². The molecule has 246 valence electrons. The smallest absolute Gasteiger partial charge is 0.421 e. The molecule has 46 heavy (non-hydrogen) atoms. The van der Waals surface area contributed by atoms with Gasteiger partial charge in [-0.05, 0) is 107 Å². The lowest BCUT2D eigenvalue weighted by Gasteiger charge is -2.34. The third-order valence-corrected chi connectivity index (χ3v) is 8.79. The molecule has 2 amide bonds. The summed E-state index contributed by atoms with van der Waals surface area (Å²) in [7, 11) is 0. The van der Waals surface area contributed by atoms with Crippen LogP contribution >= 0.6 is 0 Å². The monoisotopic (exact) mass is 638 g/mol. The summed E-state index contributed by atoms with van der Waals surface area (Å²) in [6, 6.07) is 9.24. The van der Waals surface area contributed by atoms with E-state index >= 15 is 0 Å². The van der Waals surface area contributed by atoms with Gasteiger partial charge < -0.3 is 25.6 Å². The number of piperidine rings is 1. The summed E-state index contributed by atoms with van der Waals surface area (Å²) in [4.78, 5) is 35.0. The van der Waals surface area contributed by atoms with Gasteiger partial charge in [0.15, 0.2) is 0 Å². The first-order valence-corrected chi connectivity index (χ1v) is 15.4. The predicted molar refractivity (Wildman–Crippen MR) is 171 cm³/mol. The molecular weight excluding hydrogens is 597 g/mol. The number of halogens is 3. The molecule has 2 aliphatic rings. The van der Waals surface area contributed by atoms with Crippen molar-refractivity contribution in [1.29, 1.82) is 0 Å². The molecule has 0 saturated carbocycles. The zero-order valence-corrected chi connectivity index (χ0v) is 27.3. The lowest BCUT2D eigenvalue weighted by Crippen LogP contribution is -2.41.